The minimum atomic E-state index is 0.0673. The van der Waals surface area contributed by atoms with Gasteiger partial charge in [0.15, 0.2) is 0 Å². The Hall–Kier alpha value is -1.12. The van der Waals surface area contributed by atoms with Crippen molar-refractivity contribution in [3.63, 3.8) is 0 Å². The molecule has 2 aromatic rings. The topological polar surface area (TPSA) is 26.0 Å². The first-order valence-corrected chi connectivity index (χ1v) is 7.07. The van der Waals surface area contributed by atoms with E-state index in [0.29, 0.717) is 0 Å². The van der Waals surface area contributed by atoms with Crippen LogP contribution in [0.4, 0.5) is 0 Å². The third-order valence-corrected chi connectivity index (χ3v) is 3.68. The van der Waals surface area contributed by atoms with E-state index in [2.05, 4.69) is 71.4 Å². The van der Waals surface area contributed by atoms with Gasteiger partial charge in [-0.3, -0.25) is 0 Å². The van der Waals surface area contributed by atoms with Gasteiger partial charge in [0, 0.05) is 10.5 Å². The van der Waals surface area contributed by atoms with Crippen LogP contribution in [0.15, 0.2) is 53.0 Å². The third-order valence-electron chi connectivity index (χ3n) is 3.16. The quantitative estimate of drug-likeness (QED) is 0.897. The Bertz CT molecular complexity index is 505. The van der Waals surface area contributed by atoms with E-state index in [1.54, 1.807) is 0 Å². The fourth-order valence-corrected chi connectivity index (χ4v) is 2.30. The van der Waals surface area contributed by atoms with Crippen LogP contribution in [0.25, 0.3) is 0 Å². The molecule has 2 N–H and O–H groups in total. The van der Waals surface area contributed by atoms with Crippen LogP contribution in [-0.2, 0) is 12.8 Å². The van der Waals surface area contributed by atoms with Gasteiger partial charge in [-0.1, -0.05) is 59.3 Å². The van der Waals surface area contributed by atoms with E-state index in [1.165, 1.54) is 16.7 Å². The van der Waals surface area contributed by atoms with Gasteiger partial charge >= 0.3 is 0 Å². The summed E-state index contributed by atoms with van der Waals surface area (Å²) in [5.41, 5.74) is 10.1. The summed E-state index contributed by atoms with van der Waals surface area (Å²) in [6.07, 6.45) is 1.93. The van der Waals surface area contributed by atoms with E-state index in [9.17, 15) is 0 Å². The summed E-state index contributed by atoms with van der Waals surface area (Å²) in [6.45, 7) is 2.17. The van der Waals surface area contributed by atoms with Crippen molar-refractivity contribution < 1.29 is 0 Å². The fraction of sp³-hybridized carbons (Fsp3) is 0.250. The number of aryl methyl sites for hydroxylation is 1. The molecule has 0 aliphatic rings. The number of rotatable bonds is 4. The third kappa shape index (κ3) is 3.44. The number of hydrogen-bond donors (Lipinski definition) is 1. The van der Waals surface area contributed by atoms with Crippen LogP contribution in [0.3, 0.4) is 0 Å². The maximum Gasteiger partial charge on any atom is 0.0335 e. The zero-order chi connectivity index (χ0) is 13.0. The number of benzene rings is 2. The van der Waals surface area contributed by atoms with Crippen molar-refractivity contribution in [2.45, 2.75) is 25.8 Å². The summed E-state index contributed by atoms with van der Waals surface area (Å²) < 4.78 is 1.10. The molecule has 0 aromatic heterocycles. The van der Waals surface area contributed by atoms with Crippen LogP contribution >= 0.6 is 15.9 Å². The van der Waals surface area contributed by atoms with Crippen LogP contribution in [0.2, 0.25) is 0 Å². The summed E-state index contributed by atoms with van der Waals surface area (Å²) in [4.78, 5) is 0. The molecule has 0 saturated heterocycles. The van der Waals surface area contributed by atoms with Gasteiger partial charge in [0.05, 0.1) is 0 Å². The van der Waals surface area contributed by atoms with E-state index in [0.717, 1.165) is 17.3 Å². The Kier molecular flexibility index (Phi) is 4.56. The molecule has 2 heteroatoms. The molecule has 2 aromatic carbocycles. The minimum absolute atomic E-state index is 0.0673. The molecule has 0 aliphatic carbocycles. The van der Waals surface area contributed by atoms with Crippen LogP contribution in [0.1, 0.15) is 29.7 Å². The van der Waals surface area contributed by atoms with Gasteiger partial charge < -0.3 is 5.73 Å². The first-order chi connectivity index (χ1) is 8.69. The minimum Gasteiger partial charge on any atom is -0.324 e. The largest absolute Gasteiger partial charge is 0.324 e. The Morgan fingerprint density at radius 3 is 2.44 bits per heavy atom. The van der Waals surface area contributed by atoms with Crippen molar-refractivity contribution >= 4 is 15.9 Å². The molecular weight excluding hydrogens is 286 g/mol. The van der Waals surface area contributed by atoms with Crippen LogP contribution in [-0.4, -0.2) is 0 Å². The molecule has 18 heavy (non-hydrogen) atoms. The highest BCUT2D eigenvalue weighted by molar-refractivity contribution is 9.10. The first kappa shape index (κ1) is 13.3. The lowest BCUT2D eigenvalue weighted by Crippen LogP contribution is -2.13. The predicted molar refractivity (Wildman–Crippen MR) is 80.6 cm³/mol. The van der Waals surface area contributed by atoms with Gasteiger partial charge in [-0.2, -0.15) is 0 Å². The molecule has 2 rings (SSSR count). The van der Waals surface area contributed by atoms with E-state index in [-0.39, 0.29) is 6.04 Å². The average molecular weight is 304 g/mol. The van der Waals surface area contributed by atoms with E-state index in [4.69, 9.17) is 5.73 Å². The second-order valence-electron chi connectivity index (χ2n) is 4.54. The molecule has 1 nitrogen and oxygen atoms in total. The van der Waals surface area contributed by atoms with Gasteiger partial charge in [-0.15, -0.1) is 0 Å². The van der Waals surface area contributed by atoms with Gasteiger partial charge in [0.2, 0.25) is 0 Å². The van der Waals surface area contributed by atoms with Gasteiger partial charge in [-0.25, -0.2) is 0 Å². The lowest BCUT2D eigenvalue weighted by atomic mass is 9.98. The summed E-state index contributed by atoms with van der Waals surface area (Å²) in [5.74, 6) is 0. The summed E-state index contributed by atoms with van der Waals surface area (Å²) in [5, 5.41) is 0. The smallest absolute Gasteiger partial charge is 0.0335 e. The molecule has 0 amide bonds. The normalized spacial score (nSPS) is 12.4. The second-order valence-corrected chi connectivity index (χ2v) is 5.45. The Morgan fingerprint density at radius 1 is 1.06 bits per heavy atom. The molecule has 0 spiro atoms. The van der Waals surface area contributed by atoms with Crippen LogP contribution < -0.4 is 5.73 Å². The Balaban J connectivity index is 2.11. The molecule has 0 saturated carbocycles. The zero-order valence-corrected chi connectivity index (χ0v) is 12.2. The molecule has 0 fully saturated rings. The fourth-order valence-electron chi connectivity index (χ4n) is 2.04. The summed E-state index contributed by atoms with van der Waals surface area (Å²) in [6, 6.07) is 17.0. The van der Waals surface area contributed by atoms with E-state index >= 15 is 0 Å². The Labute approximate surface area is 117 Å². The van der Waals surface area contributed by atoms with Crippen molar-refractivity contribution in [2.24, 2.45) is 5.73 Å². The maximum absolute atomic E-state index is 6.28. The molecular formula is C16H18BrN. The highest BCUT2D eigenvalue weighted by atomic mass is 79.9. The van der Waals surface area contributed by atoms with E-state index < -0.39 is 0 Å². The van der Waals surface area contributed by atoms with Crippen LogP contribution in [0.5, 0.6) is 0 Å². The van der Waals surface area contributed by atoms with Crippen molar-refractivity contribution in [1.82, 2.24) is 0 Å². The molecule has 0 aliphatic heterocycles. The lowest BCUT2D eigenvalue weighted by molar-refractivity contribution is 0.720. The SMILES string of the molecule is CCc1cccc(C(N)Cc2ccc(Br)cc2)c1. The molecule has 0 heterocycles. The van der Waals surface area contributed by atoms with Gasteiger partial charge in [0.25, 0.3) is 0 Å². The number of halogens is 1. The van der Waals surface area contributed by atoms with Gasteiger partial charge in [0.1, 0.15) is 0 Å². The first-order valence-electron chi connectivity index (χ1n) is 6.28. The average Bonchev–Trinajstić information content (AvgIpc) is 2.41. The number of nitrogens with two attached hydrogens (primary N) is 1. The number of hydrogen-bond acceptors (Lipinski definition) is 1. The van der Waals surface area contributed by atoms with Crippen molar-refractivity contribution in [1.29, 1.82) is 0 Å². The molecule has 1 atom stereocenters. The monoisotopic (exact) mass is 303 g/mol. The molecule has 94 valence electrons. The van der Waals surface area contributed by atoms with Crippen LogP contribution in [0, 0.1) is 0 Å². The summed E-state index contributed by atoms with van der Waals surface area (Å²) >= 11 is 3.44. The van der Waals surface area contributed by atoms with Crippen molar-refractivity contribution in [3.05, 3.63) is 69.7 Å². The van der Waals surface area contributed by atoms with Crippen molar-refractivity contribution in [3.8, 4) is 0 Å². The maximum atomic E-state index is 6.28. The lowest BCUT2D eigenvalue weighted by Gasteiger charge is -2.13. The zero-order valence-electron chi connectivity index (χ0n) is 10.6. The highest BCUT2D eigenvalue weighted by Gasteiger charge is 2.07. The Morgan fingerprint density at radius 2 is 1.78 bits per heavy atom. The highest BCUT2D eigenvalue weighted by Crippen LogP contribution is 2.19. The van der Waals surface area contributed by atoms with Gasteiger partial charge in [-0.05, 0) is 41.7 Å². The van der Waals surface area contributed by atoms with E-state index in [1.807, 2.05) is 0 Å². The predicted octanol–water partition coefficient (Wildman–Crippen LogP) is 4.25. The van der Waals surface area contributed by atoms with Crippen molar-refractivity contribution in [2.75, 3.05) is 0 Å². The molecule has 0 radical (unpaired) electrons. The molecule has 0 bridgehead atoms. The second kappa shape index (κ2) is 6.17. The molecule has 1 unspecified atom stereocenters. The summed E-state index contributed by atoms with van der Waals surface area (Å²) in [7, 11) is 0. The standard InChI is InChI=1S/C16H18BrN/c1-2-12-4-3-5-14(10-12)16(18)11-13-6-8-15(17)9-7-13/h3-10,16H,2,11,18H2,1H3.